The number of methoxy groups -OCH3 is 1. The van der Waals surface area contributed by atoms with Gasteiger partial charge in [0.2, 0.25) is 0 Å². The zero-order valence-corrected chi connectivity index (χ0v) is 11.7. The molecule has 0 spiro atoms. The number of nitrogens with two attached hydrogens (primary N) is 1. The smallest absolute Gasteiger partial charge is 0.147 e. The Bertz CT molecular complexity index is 471. The summed E-state index contributed by atoms with van der Waals surface area (Å²) in [6.07, 6.45) is 3.26. The number of hydrogen-bond donors (Lipinski definition) is 1. The van der Waals surface area contributed by atoms with Gasteiger partial charge in [0, 0.05) is 18.1 Å². The van der Waals surface area contributed by atoms with Gasteiger partial charge in [-0.05, 0) is 30.9 Å². The minimum atomic E-state index is -2.89. The van der Waals surface area contributed by atoms with Crippen LogP contribution >= 0.6 is 0 Å². The molecule has 0 heterocycles. The molecule has 1 rings (SSSR count). The lowest BCUT2D eigenvalue weighted by molar-refractivity contribution is 0.407. The molecular weight excluding hydrogens is 250 g/mol. The van der Waals surface area contributed by atoms with Gasteiger partial charge in [-0.15, -0.1) is 0 Å². The van der Waals surface area contributed by atoms with Gasteiger partial charge in [0.25, 0.3) is 0 Å². The van der Waals surface area contributed by atoms with Gasteiger partial charge < -0.3 is 10.5 Å². The summed E-state index contributed by atoms with van der Waals surface area (Å²) in [6, 6.07) is 7.70. The molecule has 1 unspecified atom stereocenters. The summed E-state index contributed by atoms with van der Waals surface area (Å²) in [5.74, 6) is 1.03. The summed E-state index contributed by atoms with van der Waals surface area (Å²) < 4.78 is 27.3. The molecule has 18 heavy (non-hydrogen) atoms. The summed E-state index contributed by atoms with van der Waals surface area (Å²) in [6.45, 7) is 0. The third kappa shape index (κ3) is 5.51. The van der Waals surface area contributed by atoms with E-state index in [1.807, 2.05) is 24.3 Å². The minimum absolute atomic E-state index is 0.0388. The van der Waals surface area contributed by atoms with Crippen LogP contribution in [0.1, 0.15) is 18.4 Å². The molecule has 0 saturated heterocycles. The van der Waals surface area contributed by atoms with Crippen LogP contribution in [0.25, 0.3) is 0 Å². The molecule has 1 aromatic rings. The average molecular weight is 271 g/mol. The maximum atomic E-state index is 11.0. The zero-order chi connectivity index (χ0) is 13.6. The SMILES string of the molecule is COc1ccccc1CC(N)CCCS(C)(=O)=O. The third-order valence-electron chi connectivity index (χ3n) is 2.76. The Morgan fingerprint density at radius 2 is 2.00 bits per heavy atom. The molecule has 0 aliphatic carbocycles. The van der Waals surface area contributed by atoms with Crippen molar-refractivity contribution in [3.8, 4) is 5.75 Å². The summed E-state index contributed by atoms with van der Waals surface area (Å²) in [5.41, 5.74) is 7.07. The van der Waals surface area contributed by atoms with E-state index in [1.165, 1.54) is 6.26 Å². The lowest BCUT2D eigenvalue weighted by atomic mass is 10.0. The van der Waals surface area contributed by atoms with Gasteiger partial charge in [0.15, 0.2) is 0 Å². The van der Waals surface area contributed by atoms with Crippen LogP contribution in [0.2, 0.25) is 0 Å². The Labute approximate surface area is 109 Å². The molecule has 0 aliphatic heterocycles. The van der Waals surface area contributed by atoms with E-state index < -0.39 is 9.84 Å². The Kier molecular flexibility index (Phi) is 5.62. The molecule has 1 aromatic carbocycles. The van der Waals surface area contributed by atoms with Crippen molar-refractivity contribution in [2.24, 2.45) is 5.73 Å². The molecule has 0 aromatic heterocycles. The molecule has 0 radical (unpaired) electrons. The highest BCUT2D eigenvalue weighted by Gasteiger charge is 2.10. The lowest BCUT2D eigenvalue weighted by Crippen LogP contribution is -2.24. The van der Waals surface area contributed by atoms with Crippen molar-refractivity contribution in [3.63, 3.8) is 0 Å². The van der Waals surface area contributed by atoms with E-state index in [1.54, 1.807) is 7.11 Å². The van der Waals surface area contributed by atoms with Crippen LogP contribution in [-0.4, -0.2) is 33.6 Å². The average Bonchev–Trinajstić information content (AvgIpc) is 2.28. The van der Waals surface area contributed by atoms with Crippen molar-refractivity contribution in [1.82, 2.24) is 0 Å². The Hall–Kier alpha value is -1.07. The second kappa shape index (κ2) is 6.75. The maximum absolute atomic E-state index is 11.0. The summed E-state index contributed by atoms with van der Waals surface area (Å²) in [4.78, 5) is 0. The third-order valence-corrected chi connectivity index (χ3v) is 3.79. The van der Waals surface area contributed by atoms with Crippen LogP contribution < -0.4 is 10.5 Å². The first kappa shape index (κ1) is 15.0. The normalized spacial score (nSPS) is 13.3. The second-order valence-electron chi connectivity index (χ2n) is 4.55. The highest BCUT2D eigenvalue weighted by Crippen LogP contribution is 2.19. The Balaban J connectivity index is 2.47. The van der Waals surface area contributed by atoms with Crippen LogP contribution in [0.15, 0.2) is 24.3 Å². The first-order valence-electron chi connectivity index (χ1n) is 5.97. The van der Waals surface area contributed by atoms with E-state index in [0.29, 0.717) is 19.3 Å². The van der Waals surface area contributed by atoms with Crippen LogP contribution in [0.5, 0.6) is 5.75 Å². The highest BCUT2D eigenvalue weighted by atomic mass is 32.2. The fourth-order valence-electron chi connectivity index (χ4n) is 1.86. The van der Waals surface area contributed by atoms with E-state index in [-0.39, 0.29) is 11.8 Å². The van der Waals surface area contributed by atoms with Crippen LogP contribution in [0.4, 0.5) is 0 Å². The summed E-state index contributed by atoms with van der Waals surface area (Å²) >= 11 is 0. The molecule has 0 fully saturated rings. The van der Waals surface area contributed by atoms with Crippen LogP contribution in [0, 0.1) is 0 Å². The van der Waals surface area contributed by atoms with E-state index in [9.17, 15) is 8.42 Å². The molecule has 5 heteroatoms. The van der Waals surface area contributed by atoms with E-state index >= 15 is 0 Å². The second-order valence-corrected chi connectivity index (χ2v) is 6.81. The van der Waals surface area contributed by atoms with E-state index in [2.05, 4.69) is 0 Å². The molecule has 0 amide bonds. The monoisotopic (exact) mass is 271 g/mol. The molecule has 0 saturated carbocycles. The number of sulfone groups is 1. The first-order valence-corrected chi connectivity index (χ1v) is 8.03. The Morgan fingerprint density at radius 3 is 2.61 bits per heavy atom. The predicted octanol–water partition coefficient (Wildman–Crippen LogP) is 1.39. The van der Waals surface area contributed by atoms with Gasteiger partial charge in [-0.3, -0.25) is 0 Å². The van der Waals surface area contributed by atoms with Crippen LogP contribution in [0.3, 0.4) is 0 Å². The van der Waals surface area contributed by atoms with Gasteiger partial charge >= 0.3 is 0 Å². The van der Waals surface area contributed by atoms with Crippen LogP contribution in [-0.2, 0) is 16.3 Å². The van der Waals surface area contributed by atoms with Gasteiger partial charge in [-0.25, -0.2) is 8.42 Å². The standard InChI is InChI=1S/C13H21NO3S/c1-17-13-8-4-3-6-11(13)10-12(14)7-5-9-18(2,15)16/h3-4,6,8,12H,5,7,9-10,14H2,1-2H3. The highest BCUT2D eigenvalue weighted by molar-refractivity contribution is 7.90. The quantitative estimate of drug-likeness (QED) is 0.813. The van der Waals surface area contributed by atoms with Gasteiger partial charge in [0.05, 0.1) is 7.11 Å². The number of rotatable bonds is 7. The zero-order valence-electron chi connectivity index (χ0n) is 10.9. The van der Waals surface area contributed by atoms with Crippen molar-refractivity contribution in [2.45, 2.75) is 25.3 Å². The summed E-state index contributed by atoms with van der Waals surface area (Å²) in [5, 5.41) is 0. The van der Waals surface area contributed by atoms with Crippen molar-refractivity contribution in [2.75, 3.05) is 19.1 Å². The van der Waals surface area contributed by atoms with Gasteiger partial charge in [0.1, 0.15) is 15.6 Å². The largest absolute Gasteiger partial charge is 0.496 e. The van der Waals surface area contributed by atoms with Crippen molar-refractivity contribution < 1.29 is 13.2 Å². The molecular formula is C13H21NO3S. The van der Waals surface area contributed by atoms with Gasteiger partial charge in [-0.1, -0.05) is 18.2 Å². The number of ether oxygens (including phenoxy) is 1. The number of hydrogen-bond acceptors (Lipinski definition) is 4. The minimum Gasteiger partial charge on any atom is -0.496 e. The van der Waals surface area contributed by atoms with Crippen molar-refractivity contribution >= 4 is 9.84 Å². The fourth-order valence-corrected chi connectivity index (χ4v) is 2.55. The van der Waals surface area contributed by atoms with Gasteiger partial charge in [-0.2, -0.15) is 0 Å². The fraction of sp³-hybridized carbons (Fsp3) is 0.538. The van der Waals surface area contributed by atoms with E-state index in [0.717, 1.165) is 11.3 Å². The lowest BCUT2D eigenvalue weighted by Gasteiger charge is -2.13. The van der Waals surface area contributed by atoms with E-state index in [4.69, 9.17) is 10.5 Å². The topological polar surface area (TPSA) is 69.4 Å². The first-order chi connectivity index (χ1) is 8.42. The number of para-hydroxylation sites is 1. The Morgan fingerprint density at radius 1 is 1.33 bits per heavy atom. The van der Waals surface area contributed by atoms with Crippen molar-refractivity contribution in [1.29, 1.82) is 0 Å². The molecule has 0 aliphatic rings. The predicted molar refractivity (Wildman–Crippen MR) is 73.6 cm³/mol. The number of benzene rings is 1. The molecule has 1 atom stereocenters. The summed E-state index contributed by atoms with van der Waals surface area (Å²) in [7, 11) is -1.25. The maximum Gasteiger partial charge on any atom is 0.147 e. The molecule has 2 N–H and O–H groups in total. The molecule has 0 bridgehead atoms. The molecule has 4 nitrogen and oxygen atoms in total. The van der Waals surface area contributed by atoms with Crippen molar-refractivity contribution in [3.05, 3.63) is 29.8 Å². The molecule has 102 valence electrons.